The van der Waals surface area contributed by atoms with Crippen molar-refractivity contribution >= 4 is 71.5 Å². The molecule has 2 saturated carbocycles. The Balaban J connectivity index is 1.13. The van der Waals surface area contributed by atoms with E-state index >= 15 is 0 Å². The number of hydrogen-bond donors (Lipinski definition) is 0. The first-order valence-electron chi connectivity index (χ1n) is 20.4. The monoisotopic (exact) mass is 710 g/mol. The molecule has 2 fully saturated rings. The van der Waals surface area contributed by atoms with Crippen molar-refractivity contribution in [2.45, 2.75) is 69.6 Å². The minimum atomic E-state index is -0.114. The normalized spacial score (nSPS) is 23.2. The number of nitrogens with zero attached hydrogens (tertiary/aromatic N) is 2. The van der Waals surface area contributed by atoms with E-state index in [1.807, 2.05) is 0 Å². The van der Waals surface area contributed by atoms with E-state index in [0.29, 0.717) is 23.4 Å². The Morgan fingerprint density at radius 2 is 1.07 bits per heavy atom. The van der Waals surface area contributed by atoms with Crippen molar-refractivity contribution in [2.75, 3.05) is 0 Å². The molecule has 4 nitrogen and oxygen atoms in total. The van der Waals surface area contributed by atoms with E-state index in [0.717, 1.165) is 66.4 Å². The molecule has 4 bridgehead atoms. The average molecular weight is 711 g/mol. The van der Waals surface area contributed by atoms with Gasteiger partial charge in [0.25, 0.3) is 0 Å². The summed E-state index contributed by atoms with van der Waals surface area (Å²) in [6.45, 7) is 4.73. The maximum absolute atomic E-state index is 13.9. The molecule has 264 valence electrons. The highest BCUT2D eigenvalue weighted by atomic mass is 16.1. The Morgan fingerprint density at radius 1 is 0.491 bits per heavy atom. The Labute approximate surface area is 317 Å². The number of aromatic nitrogens is 2. The molecule has 5 aliphatic rings. The zero-order valence-electron chi connectivity index (χ0n) is 31.0. The van der Waals surface area contributed by atoms with Crippen molar-refractivity contribution in [3.63, 3.8) is 0 Å². The number of benzene rings is 6. The number of ketones is 2. The van der Waals surface area contributed by atoms with E-state index in [9.17, 15) is 9.59 Å². The average Bonchev–Trinajstić information content (AvgIpc) is 4.05. The maximum atomic E-state index is 13.9. The molecule has 4 heteroatoms. The van der Waals surface area contributed by atoms with Crippen molar-refractivity contribution in [2.24, 2.45) is 11.8 Å². The number of para-hydroxylation sites is 1. The summed E-state index contributed by atoms with van der Waals surface area (Å²) >= 11 is 0. The summed E-state index contributed by atoms with van der Waals surface area (Å²) in [7, 11) is 0. The van der Waals surface area contributed by atoms with Crippen LogP contribution in [-0.4, -0.2) is 20.5 Å². The van der Waals surface area contributed by atoms with E-state index in [1.165, 1.54) is 82.2 Å². The van der Waals surface area contributed by atoms with E-state index in [1.54, 1.807) is 0 Å². The Hall–Kier alpha value is -5.74. The highest BCUT2D eigenvalue weighted by Gasteiger charge is 2.42. The largest absolute Gasteiger partial charge is 0.309 e. The van der Waals surface area contributed by atoms with Crippen molar-refractivity contribution in [3.8, 4) is 16.8 Å². The van der Waals surface area contributed by atoms with Crippen molar-refractivity contribution in [1.82, 2.24) is 8.97 Å². The minimum absolute atomic E-state index is 0.114. The number of Topliss-reactive ketones (excluding diaryl/α,β-unsaturated/α-hetero) is 2. The summed E-state index contributed by atoms with van der Waals surface area (Å²) in [6, 6.07) is 36.8. The maximum Gasteiger partial charge on any atom is 0.166 e. The lowest BCUT2D eigenvalue weighted by atomic mass is 9.81. The van der Waals surface area contributed by atoms with E-state index in [4.69, 9.17) is 0 Å². The predicted molar refractivity (Wildman–Crippen MR) is 222 cm³/mol. The molecule has 55 heavy (non-hydrogen) atoms. The van der Waals surface area contributed by atoms with Crippen LogP contribution in [0.25, 0.3) is 76.7 Å². The number of hydrogen-bond acceptors (Lipinski definition) is 2. The van der Waals surface area contributed by atoms with E-state index < -0.39 is 0 Å². The van der Waals surface area contributed by atoms with Crippen LogP contribution in [0.1, 0.15) is 107 Å². The second-order valence-electron chi connectivity index (χ2n) is 18.2. The fourth-order valence-electron chi connectivity index (χ4n) is 12.8. The van der Waals surface area contributed by atoms with Crippen LogP contribution in [0.5, 0.6) is 0 Å². The first-order chi connectivity index (χ1) is 26.8. The Bertz CT molecular complexity index is 3190. The third-order valence-electron chi connectivity index (χ3n) is 15.4. The van der Waals surface area contributed by atoms with Gasteiger partial charge in [-0.05, 0) is 138 Å². The smallest absolute Gasteiger partial charge is 0.166 e. The van der Waals surface area contributed by atoms with Crippen LogP contribution in [0.15, 0.2) is 97.1 Å². The van der Waals surface area contributed by atoms with Gasteiger partial charge in [-0.15, -0.1) is 0 Å². The van der Waals surface area contributed by atoms with Crippen molar-refractivity contribution in [3.05, 3.63) is 130 Å². The van der Waals surface area contributed by atoms with Gasteiger partial charge in [0, 0.05) is 66.4 Å². The third kappa shape index (κ3) is 3.40. The summed E-state index contributed by atoms with van der Waals surface area (Å²) < 4.78 is 4.92. The topological polar surface area (TPSA) is 43.5 Å². The molecule has 3 heterocycles. The zero-order chi connectivity index (χ0) is 36.2. The van der Waals surface area contributed by atoms with Crippen LogP contribution in [0.4, 0.5) is 0 Å². The van der Waals surface area contributed by atoms with E-state index in [-0.39, 0.29) is 17.3 Å². The SMILES string of the molecule is CC1(C)c2ccccc2-c2cc3c4ccccc4n(-c4cc5c6cc7c(cc6n6c8cc9c(cc8c(c4)c56)C4CCC(C4)C9=O)C(=O)C4CCC7C4)c3cc21. The van der Waals surface area contributed by atoms with Gasteiger partial charge in [0.05, 0.1) is 27.6 Å². The van der Waals surface area contributed by atoms with Crippen LogP contribution in [0, 0.1) is 11.8 Å². The van der Waals surface area contributed by atoms with Gasteiger partial charge in [-0.1, -0.05) is 56.3 Å². The van der Waals surface area contributed by atoms with Gasteiger partial charge in [-0.2, -0.15) is 0 Å². The van der Waals surface area contributed by atoms with Crippen LogP contribution in [0.3, 0.4) is 0 Å². The van der Waals surface area contributed by atoms with Gasteiger partial charge in [-0.25, -0.2) is 0 Å². The van der Waals surface area contributed by atoms with Crippen molar-refractivity contribution < 1.29 is 9.59 Å². The molecular formula is C51H38N2O2. The Morgan fingerprint density at radius 3 is 1.75 bits per heavy atom. The van der Waals surface area contributed by atoms with E-state index in [2.05, 4.69) is 120 Å². The standard InChI is InChI=1S/C51H38N2O2/c1-51(2)42-9-5-3-7-30(42)34-21-35-31-8-4-6-10-44(31)52(47(35)24-43(34)51)29-17-38-36-19-32-25-11-13-27(15-25)49(54)40(32)22-45(36)53-46-23-41-33(20-37(46)39(18-29)48(38)53)26-12-14-28(16-26)50(41)55/h3-10,17-28H,11-16H2,1-2H3. The van der Waals surface area contributed by atoms with Crippen LogP contribution in [0.2, 0.25) is 0 Å². The number of rotatable bonds is 1. The first kappa shape index (κ1) is 29.6. The van der Waals surface area contributed by atoms with Crippen molar-refractivity contribution in [1.29, 1.82) is 0 Å². The third-order valence-corrected chi connectivity index (χ3v) is 15.4. The molecule has 5 aliphatic carbocycles. The predicted octanol–water partition coefficient (Wildman–Crippen LogP) is 12.4. The molecule has 14 rings (SSSR count). The quantitative estimate of drug-likeness (QED) is 0.170. The molecule has 4 unspecified atom stereocenters. The molecule has 0 spiro atoms. The molecule has 6 aromatic carbocycles. The van der Waals surface area contributed by atoms with Crippen LogP contribution in [-0.2, 0) is 5.41 Å². The van der Waals surface area contributed by atoms with Gasteiger partial charge < -0.3 is 8.97 Å². The lowest BCUT2D eigenvalue weighted by Gasteiger charge is -2.23. The molecule has 0 aliphatic heterocycles. The second kappa shape index (κ2) is 9.55. The molecule has 0 saturated heterocycles. The molecule has 3 aromatic heterocycles. The van der Waals surface area contributed by atoms with Crippen LogP contribution < -0.4 is 0 Å². The molecule has 0 radical (unpaired) electrons. The zero-order valence-corrected chi connectivity index (χ0v) is 31.0. The number of fused-ring (bicyclic) bond motifs is 20. The number of carbonyl (C=O) groups is 2. The Kier molecular flexibility index (Phi) is 5.14. The molecule has 0 amide bonds. The highest BCUT2D eigenvalue weighted by Crippen LogP contribution is 2.54. The fourth-order valence-corrected chi connectivity index (χ4v) is 12.8. The lowest BCUT2D eigenvalue weighted by Crippen LogP contribution is -2.19. The summed E-state index contributed by atoms with van der Waals surface area (Å²) in [4.78, 5) is 27.8. The van der Waals surface area contributed by atoms with Gasteiger partial charge in [0.15, 0.2) is 11.6 Å². The molecular weight excluding hydrogens is 673 g/mol. The van der Waals surface area contributed by atoms with Gasteiger partial charge in [0.2, 0.25) is 0 Å². The van der Waals surface area contributed by atoms with Gasteiger partial charge >= 0.3 is 0 Å². The summed E-state index contributed by atoms with van der Waals surface area (Å²) in [5.41, 5.74) is 16.6. The van der Waals surface area contributed by atoms with Gasteiger partial charge in [-0.3, -0.25) is 9.59 Å². The molecule has 0 N–H and O–H groups in total. The first-order valence-corrected chi connectivity index (χ1v) is 20.4. The van der Waals surface area contributed by atoms with Gasteiger partial charge in [0.1, 0.15) is 0 Å². The fraction of sp³-hybridized carbons (Fsp3) is 0.255. The minimum Gasteiger partial charge on any atom is -0.309 e. The summed E-state index contributed by atoms with van der Waals surface area (Å²) in [5.74, 6) is 1.85. The highest BCUT2D eigenvalue weighted by molar-refractivity contribution is 6.26. The van der Waals surface area contributed by atoms with Crippen LogP contribution >= 0.6 is 0 Å². The molecule has 4 atom stereocenters. The summed E-state index contributed by atoms with van der Waals surface area (Å²) in [5, 5.41) is 7.40. The number of carbonyl (C=O) groups excluding carboxylic acids is 2. The lowest BCUT2D eigenvalue weighted by molar-refractivity contribution is 0.0906. The molecule has 9 aromatic rings. The summed E-state index contributed by atoms with van der Waals surface area (Å²) in [6.07, 6.45) is 6.15. The second-order valence-corrected chi connectivity index (χ2v) is 18.2.